The predicted molar refractivity (Wildman–Crippen MR) is 92.0 cm³/mol. The average Bonchev–Trinajstić information content (AvgIpc) is 2.73. The van der Waals surface area contributed by atoms with E-state index in [1.54, 1.807) is 18.5 Å². The maximum Gasteiger partial charge on any atom is 0.354 e. The third kappa shape index (κ3) is 3.35. The highest BCUT2D eigenvalue weighted by molar-refractivity contribution is 6.03. The number of hydrogen-bond acceptors (Lipinski definition) is 4. The summed E-state index contributed by atoms with van der Waals surface area (Å²) in [6, 6.07) is 5.83. The Kier molecular flexibility index (Phi) is 5.12. The summed E-state index contributed by atoms with van der Waals surface area (Å²) in [5.41, 5.74) is 4.42. The number of rotatable bonds is 5. The van der Waals surface area contributed by atoms with E-state index in [4.69, 9.17) is 9.47 Å². The van der Waals surface area contributed by atoms with Gasteiger partial charge in [-0.3, -0.25) is 4.79 Å². The zero-order valence-electron chi connectivity index (χ0n) is 15.0. The fourth-order valence-electron chi connectivity index (χ4n) is 3.01. The van der Waals surface area contributed by atoms with Gasteiger partial charge in [0, 0.05) is 18.3 Å². The van der Waals surface area contributed by atoms with Gasteiger partial charge < -0.3 is 14.0 Å². The second-order valence-corrected chi connectivity index (χ2v) is 6.02. The zero-order chi connectivity index (χ0) is 18.0. The van der Waals surface area contributed by atoms with Crippen LogP contribution >= 0.6 is 0 Å². The first-order valence-electron chi connectivity index (χ1n) is 7.74. The van der Waals surface area contributed by atoms with Crippen LogP contribution in [0.2, 0.25) is 0 Å². The number of nitrogens with zero attached hydrogens (tertiary/aromatic N) is 1. The molecule has 128 valence electrons. The highest BCUT2D eigenvalue weighted by Crippen LogP contribution is 2.23. The molecule has 0 N–H and O–H groups in total. The van der Waals surface area contributed by atoms with Crippen LogP contribution < -0.4 is 4.74 Å². The van der Waals surface area contributed by atoms with E-state index >= 15 is 0 Å². The van der Waals surface area contributed by atoms with Crippen molar-refractivity contribution in [2.45, 2.75) is 27.7 Å². The molecule has 0 aliphatic rings. The van der Waals surface area contributed by atoms with E-state index in [-0.39, 0.29) is 12.4 Å². The number of ether oxygens (including phenoxy) is 2. The fraction of sp³-hybridized carbons (Fsp3) is 0.368. The van der Waals surface area contributed by atoms with E-state index in [9.17, 15) is 9.59 Å². The number of hydrogen-bond donors (Lipinski definition) is 0. The Hall–Kier alpha value is -2.56. The van der Waals surface area contributed by atoms with E-state index in [0.717, 1.165) is 16.8 Å². The summed E-state index contributed by atoms with van der Waals surface area (Å²) < 4.78 is 12.1. The van der Waals surface area contributed by atoms with Gasteiger partial charge in [-0.2, -0.15) is 0 Å². The largest absolute Gasteiger partial charge is 0.485 e. The minimum Gasteiger partial charge on any atom is -0.485 e. The molecule has 0 atom stereocenters. The molecule has 0 bridgehead atoms. The van der Waals surface area contributed by atoms with Crippen LogP contribution in [0.3, 0.4) is 0 Å². The maximum atomic E-state index is 12.6. The SMILES string of the molecule is COC(=O)c1c(C)c(C(=O)COc2cc(C)cc(C)c2)c(C)n1C. The molecule has 0 radical (unpaired) electrons. The minimum atomic E-state index is -0.452. The lowest BCUT2D eigenvalue weighted by Crippen LogP contribution is -2.13. The second-order valence-electron chi connectivity index (χ2n) is 6.02. The highest BCUT2D eigenvalue weighted by Gasteiger charge is 2.25. The lowest BCUT2D eigenvalue weighted by atomic mass is 10.1. The summed E-state index contributed by atoms with van der Waals surface area (Å²) in [4.78, 5) is 24.5. The van der Waals surface area contributed by atoms with E-state index in [0.29, 0.717) is 22.6 Å². The van der Waals surface area contributed by atoms with Gasteiger partial charge in [0.05, 0.1) is 7.11 Å². The van der Waals surface area contributed by atoms with Crippen molar-refractivity contribution in [2.24, 2.45) is 7.05 Å². The quantitative estimate of drug-likeness (QED) is 0.624. The molecule has 0 unspecified atom stereocenters. The minimum absolute atomic E-state index is 0.0742. The molecule has 2 rings (SSSR count). The lowest BCUT2D eigenvalue weighted by Gasteiger charge is -2.08. The van der Waals surface area contributed by atoms with Gasteiger partial charge in [0.2, 0.25) is 5.78 Å². The lowest BCUT2D eigenvalue weighted by molar-refractivity contribution is 0.0588. The fourth-order valence-corrected chi connectivity index (χ4v) is 3.01. The molecule has 0 aliphatic heterocycles. The molecule has 2 aromatic rings. The van der Waals surface area contributed by atoms with Crippen LogP contribution in [0, 0.1) is 27.7 Å². The normalized spacial score (nSPS) is 10.6. The first-order valence-corrected chi connectivity index (χ1v) is 7.74. The number of carbonyl (C=O) groups is 2. The summed E-state index contributed by atoms with van der Waals surface area (Å²) in [5, 5.41) is 0. The van der Waals surface area contributed by atoms with Crippen molar-refractivity contribution in [3.63, 3.8) is 0 Å². The van der Waals surface area contributed by atoms with Crippen LogP contribution in [0.25, 0.3) is 0 Å². The van der Waals surface area contributed by atoms with Crippen molar-refractivity contribution in [3.05, 3.63) is 51.8 Å². The summed E-state index contributed by atoms with van der Waals surface area (Å²) >= 11 is 0. The molecule has 0 fully saturated rings. The molecule has 5 heteroatoms. The van der Waals surface area contributed by atoms with Gasteiger partial charge in [0.25, 0.3) is 0 Å². The van der Waals surface area contributed by atoms with Gasteiger partial charge in [-0.15, -0.1) is 0 Å². The smallest absolute Gasteiger partial charge is 0.354 e. The molecule has 0 saturated carbocycles. The van der Waals surface area contributed by atoms with Gasteiger partial charge in [-0.25, -0.2) is 4.79 Å². The molecule has 1 aromatic carbocycles. The molecule has 24 heavy (non-hydrogen) atoms. The average molecular weight is 329 g/mol. The number of ketones is 1. The number of esters is 1. The van der Waals surface area contributed by atoms with Gasteiger partial charge in [-0.1, -0.05) is 6.07 Å². The Morgan fingerprint density at radius 2 is 1.62 bits per heavy atom. The van der Waals surface area contributed by atoms with Crippen molar-refractivity contribution >= 4 is 11.8 Å². The Morgan fingerprint density at radius 1 is 1.04 bits per heavy atom. The van der Waals surface area contributed by atoms with Crippen LogP contribution in [0.4, 0.5) is 0 Å². The van der Waals surface area contributed by atoms with Crippen LogP contribution in [0.5, 0.6) is 5.75 Å². The van der Waals surface area contributed by atoms with Crippen molar-refractivity contribution in [3.8, 4) is 5.75 Å². The van der Waals surface area contributed by atoms with Gasteiger partial charge >= 0.3 is 5.97 Å². The predicted octanol–water partition coefficient (Wildman–Crippen LogP) is 3.31. The Bertz CT molecular complexity index is 782. The molecule has 0 spiro atoms. The van der Waals surface area contributed by atoms with Crippen molar-refractivity contribution in [1.29, 1.82) is 0 Å². The Labute approximate surface area is 142 Å². The van der Waals surface area contributed by atoms with Crippen LogP contribution in [0.1, 0.15) is 43.2 Å². The monoisotopic (exact) mass is 329 g/mol. The molecule has 0 saturated heterocycles. The molecular formula is C19H23NO4. The summed E-state index contributed by atoms with van der Waals surface area (Å²) in [7, 11) is 3.07. The molecule has 5 nitrogen and oxygen atoms in total. The van der Waals surface area contributed by atoms with Crippen molar-refractivity contribution < 1.29 is 19.1 Å². The molecule has 1 aromatic heterocycles. The van der Waals surface area contributed by atoms with Crippen LogP contribution in [-0.2, 0) is 11.8 Å². The topological polar surface area (TPSA) is 57.5 Å². The number of aromatic nitrogens is 1. The van der Waals surface area contributed by atoms with Gasteiger partial charge in [0.15, 0.2) is 6.61 Å². The Balaban J connectivity index is 2.26. The summed E-state index contributed by atoms with van der Waals surface area (Å²) in [6.07, 6.45) is 0. The first-order chi connectivity index (χ1) is 11.3. The summed E-state index contributed by atoms with van der Waals surface area (Å²) in [6.45, 7) is 7.45. The van der Waals surface area contributed by atoms with Crippen molar-refractivity contribution in [1.82, 2.24) is 4.57 Å². The third-order valence-corrected chi connectivity index (χ3v) is 4.15. The third-order valence-electron chi connectivity index (χ3n) is 4.15. The number of benzene rings is 1. The zero-order valence-corrected chi connectivity index (χ0v) is 15.0. The molecule has 0 amide bonds. The number of Topliss-reactive ketones (excluding diaryl/α,β-unsaturated/α-hetero) is 1. The van der Waals surface area contributed by atoms with E-state index in [2.05, 4.69) is 0 Å². The van der Waals surface area contributed by atoms with Crippen molar-refractivity contribution in [2.75, 3.05) is 13.7 Å². The molecule has 0 aliphatic carbocycles. The standard InChI is InChI=1S/C19H23NO4/c1-11-7-12(2)9-15(8-11)24-10-16(21)17-13(3)18(19(22)23-6)20(5)14(17)4/h7-9H,10H2,1-6H3. The Morgan fingerprint density at radius 3 is 2.17 bits per heavy atom. The second kappa shape index (κ2) is 6.91. The maximum absolute atomic E-state index is 12.6. The van der Waals surface area contributed by atoms with E-state index < -0.39 is 5.97 Å². The van der Waals surface area contributed by atoms with E-state index in [1.165, 1.54) is 7.11 Å². The number of carbonyl (C=O) groups excluding carboxylic acids is 2. The van der Waals surface area contributed by atoms with Crippen LogP contribution in [0.15, 0.2) is 18.2 Å². The van der Waals surface area contributed by atoms with Gasteiger partial charge in [-0.05, 0) is 56.5 Å². The first kappa shape index (κ1) is 17.8. The van der Waals surface area contributed by atoms with E-state index in [1.807, 2.05) is 39.0 Å². The van der Waals surface area contributed by atoms with Crippen LogP contribution in [-0.4, -0.2) is 30.0 Å². The molecular weight excluding hydrogens is 306 g/mol. The number of methoxy groups -OCH3 is 1. The molecule has 1 heterocycles. The highest BCUT2D eigenvalue weighted by atomic mass is 16.5. The van der Waals surface area contributed by atoms with Gasteiger partial charge in [0.1, 0.15) is 11.4 Å². The number of aryl methyl sites for hydroxylation is 2. The summed E-state index contributed by atoms with van der Waals surface area (Å²) in [5.74, 6) is 0.0579.